The topological polar surface area (TPSA) is 125 Å². The van der Waals surface area contributed by atoms with Crippen LogP contribution in [0.15, 0.2) is 52.6 Å². The number of ether oxygens (including phenoxy) is 1. The van der Waals surface area contributed by atoms with E-state index in [-0.39, 0.29) is 35.7 Å². The van der Waals surface area contributed by atoms with Crippen LogP contribution in [-0.4, -0.2) is 66.3 Å². The number of rotatable bonds is 10. The number of carbonyl (C=O) groups is 1. The lowest BCUT2D eigenvalue weighted by molar-refractivity contribution is -0.125. The summed E-state index contributed by atoms with van der Waals surface area (Å²) < 4.78 is 5.61. The Morgan fingerprint density at radius 3 is 2.78 bits per heavy atom. The van der Waals surface area contributed by atoms with Gasteiger partial charge in [-0.1, -0.05) is 48.5 Å². The zero-order valence-corrected chi connectivity index (χ0v) is 19.8. The maximum absolute atomic E-state index is 12.6. The largest absolute Gasteiger partial charge is 0.393 e. The summed E-state index contributed by atoms with van der Waals surface area (Å²) in [4.78, 5) is 22.7. The van der Waals surface area contributed by atoms with Gasteiger partial charge in [-0.3, -0.25) is 20.2 Å². The van der Waals surface area contributed by atoms with Gasteiger partial charge in [0.1, 0.15) is 17.9 Å². The first-order valence-corrected chi connectivity index (χ1v) is 11.7. The van der Waals surface area contributed by atoms with Crippen LogP contribution in [0.1, 0.15) is 25.8 Å². The van der Waals surface area contributed by atoms with Gasteiger partial charge >= 0.3 is 0 Å². The molecule has 3 atom stereocenters. The molecule has 2 rings (SSSR count). The number of hydrogen-bond acceptors (Lipinski definition) is 8. The number of nitrogens with zero attached hydrogens (tertiary/aromatic N) is 3. The van der Waals surface area contributed by atoms with Crippen molar-refractivity contribution >= 4 is 35.1 Å². The van der Waals surface area contributed by atoms with E-state index in [1.54, 1.807) is 13.1 Å². The highest BCUT2D eigenvalue weighted by molar-refractivity contribution is 7.99. The standard InChI is InChI=1S/C22H32N6O3S/c1-5-30-22(32-4)15(2)21(29)26-18-13-9-12-17(25-18)14-31-27-19(20(23)28(3)24)16-10-7-6-8-11-16/h6-11,13,15,17,22-23H,5,12,14,24H2,1-4H3,(H,25,26,29)/b23-20?,27-19-. The molecule has 0 aromatic heterocycles. The molecule has 0 saturated carbocycles. The van der Waals surface area contributed by atoms with Crippen molar-refractivity contribution in [2.75, 3.05) is 26.5 Å². The van der Waals surface area contributed by atoms with Crippen molar-refractivity contribution in [3.05, 3.63) is 48.0 Å². The van der Waals surface area contributed by atoms with Gasteiger partial charge in [-0.2, -0.15) is 0 Å². The summed E-state index contributed by atoms with van der Waals surface area (Å²) in [7, 11) is 1.57. The summed E-state index contributed by atoms with van der Waals surface area (Å²) in [5.41, 5.74) is 0.836. The highest BCUT2D eigenvalue weighted by Crippen LogP contribution is 2.19. The second-order valence-corrected chi connectivity index (χ2v) is 8.14. The normalized spacial score (nSPS) is 17.8. The molecule has 3 unspecified atom stereocenters. The second kappa shape index (κ2) is 13.0. The zero-order valence-electron chi connectivity index (χ0n) is 18.9. The summed E-state index contributed by atoms with van der Waals surface area (Å²) in [5, 5.41) is 16.4. The molecule has 9 nitrogen and oxygen atoms in total. The van der Waals surface area contributed by atoms with Crippen molar-refractivity contribution in [1.29, 1.82) is 5.41 Å². The minimum Gasteiger partial charge on any atom is -0.393 e. The van der Waals surface area contributed by atoms with Gasteiger partial charge in [-0.05, 0) is 25.7 Å². The molecule has 0 fully saturated rings. The van der Waals surface area contributed by atoms with E-state index >= 15 is 0 Å². The van der Waals surface area contributed by atoms with Crippen LogP contribution < -0.4 is 11.2 Å². The maximum atomic E-state index is 12.6. The third-order valence-electron chi connectivity index (χ3n) is 4.69. The summed E-state index contributed by atoms with van der Waals surface area (Å²) >= 11 is 1.50. The van der Waals surface area contributed by atoms with Crippen molar-refractivity contribution in [3.8, 4) is 0 Å². The number of aliphatic imine (C=N–C) groups is 1. The Labute approximate surface area is 193 Å². The highest BCUT2D eigenvalue weighted by Gasteiger charge is 2.25. The number of dihydropyridines is 1. The molecule has 0 radical (unpaired) electrons. The summed E-state index contributed by atoms with van der Waals surface area (Å²) in [5.74, 6) is 5.76. The first-order valence-electron chi connectivity index (χ1n) is 10.4. The van der Waals surface area contributed by atoms with Gasteiger partial charge in [0.25, 0.3) is 0 Å². The van der Waals surface area contributed by atoms with Gasteiger partial charge < -0.3 is 14.9 Å². The lowest BCUT2D eigenvalue weighted by Gasteiger charge is -2.22. The van der Waals surface area contributed by atoms with Crippen molar-refractivity contribution < 1.29 is 14.4 Å². The minimum absolute atomic E-state index is 0.0304. The third-order valence-corrected chi connectivity index (χ3v) is 5.70. The number of amides is 1. The van der Waals surface area contributed by atoms with E-state index in [1.165, 1.54) is 16.8 Å². The van der Waals surface area contributed by atoms with Crippen molar-refractivity contribution in [2.24, 2.45) is 21.9 Å². The zero-order chi connectivity index (χ0) is 23.5. The molecule has 1 aromatic rings. The van der Waals surface area contributed by atoms with Crippen molar-refractivity contribution in [3.63, 3.8) is 0 Å². The van der Waals surface area contributed by atoms with E-state index in [0.717, 1.165) is 5.56 Å². The van der Waals surface area contributed by atoms with Crippen molar-refractivity contribution in [1.82, 2.24) is 10.3 Å². The van der Waals surface area contributed by atoms with Gasteiger partial charge in [-0.15, -0.1) is 11.8 Å². The summed E-state index contributed by atoms with van der Waals surface area (Å²) in [6, 6.07) is 9.05. The molecule has 1 amide bonds. The summed E-state index contributed by atoms with van der Waals surface area (Å²) in [6.07, 6.45) is 6.30. The minimum atomic E-state index is -0.324. The number of benzene rings is 1. The molecular weight excluding hydrogens is 428 g/mol. The molecule has 1 aliphatic rings. The van der Waals surface area contributed by atoms with Crippen LogP contribution in [0.2, 0.25) is 0 Å². The van der Waals surface area contributed by atoms with Crippen LogP contribution in [0.25, 0.3) is 0 Å². The SMILES string of the molecule is CCOC(SC)C(C)C(=O)NC1=NC(CO/N=C(\C(=N)N(C)N)c2ccccc2)CC=C1. The molecule has 1 aromatic carbocycles. The number of nitrogens with one attached hydrogen (secondary N) is 2. The Morgan fingerprint density at radius 1 is 1.44 bits per heavy atom. The smallest absolute Gasteiger partial charge is 0.231 e. The van der Waals surface area contributed by atoms with Gasteiger partial charge in [0, 0.05) is 19.2 Å². The fraction of sp³-hybridized carbons (Fsp3) is 0.455. The number of hydrogen-bond donors (Lipinski definition) is 3. The van der Waals surface area contributed by atoms with E-state index in [4.69, 9.17) is 20.8 Å². The molecular formula is C22H32N6O3S. The van der Waals surface area contributed by atoms with E-state index in [9.17, 15) is 4.79 Å². The van der Waals surface area contributed by atoms with Crippen LogP contribution in [0.5, 0.6) is 0 Å². The van der Waals surface area contributed by atoms with E-state index < -0.39 is 0 Å². The van der Waals surface area contributed by atoms with Gasteiger partial charge in [-0.25, -0.2) is 5.84 Å². The molecule has 1 aliphatic heterocycles. The number of likely N-dealkylation sites (N-methyl/N-ethyl adjacent to an activating group) is 1. The lowest BCUT2D eigenvalue weighted by Crippen LogP contribution is -2.40. The Bertz CT molecular complexity index is 856. The number of nitrogens with two attached hydrogens (primary N) is 1. The number of amidine groups is 2. The van der Waals surface area contributed by atoms with Crippen LogP contribution in [-0.2, 0) is 14.4 Å². The van der Waals surface area contributed by atoms with Gasteiger partial charge in [0.15, 0.2) is 11.5 Å². The fourth-order valence-corrected chi connectivity index (χ4v) is 3.74. The molecule has 4 N–H and O–H groups in total. The number of thioether (sulfide) groups is 1. The molecule has 0 aliphatic carbocycles. The number of carbonyl (C=O) groups excluding carboxylic acids is 1. The predicted octanol–water partition coefficient (Wildman–Crippen LogP) is 2.39. The second-order valence-electron chi connectivity index (χ2n) is 7.20. The Balaban J connectivity index is 2.01. The predicted molar refractivity (Wildman–Crippen MR) is 130 cm³/mol. The van der Waals surface area contributed by atoms with Crippen LogP contribution in [0.4, 0.5) is 0 Å². The van der Waals surface area contributed by atoms with E-state index in [1.807, 2.05) is 56.5 Å². The molecule has 0 bridgehead atoms. The number of hydrazine groups is 1. The number of oxime groups is 1. The first kappa shape index (κ1) is 25.6. The van der Waals surface area contributed by atoms with Gasteiger partial charge in [0.05, 0.1) is 12.0 Å². The lowest BCUT2D eigenvalue weighted by atomic mass is 10.1. The average molecular weight is 461 g/mol. The van der Waals surface area contributed by atoms with E-state index in [0.29, 0.717) is 24.6 Å². The maximum Gasteiger partial charge on any atom is 0.231 e. The molecule has 0 spiro atoms. The van der Waals surface area contributed by atoms with Gasteiger partial charge in [0.2, 0.25) is 5.91 Å². The summed E-state index contributed by atoms with van der Waals surface area (Å²) in [6.45, 7) is 4.49. The average Bonchev–Trinajstić information content (AvgIpc) is 2.80. The van der Waals surface area contributed by atoms with E-state index in [2.05, 4.69) is 15.5 Å². The Hall–Kier alpha value is -2.69. The van der Waals surface area contributed by atoms with Crippen LogP contribution >= 0.6 is 11.8 Å². The third kappa shape index (κ3) is 7.47. The monoisotopic (exact) mass is 460 g/mol. The molecule has 10 heteroatoms. The quantitative estimate of drug-likeness (QED) is 0.162. The highest BCUT2D eigenvalue weighted by atomic mass is 32.2. The Morgan fingerprint density at radius 2 is 2.16 bits per heavy atom. The fourth-order valence-electron chi connectivity index (χ4n) is 2.94. The molecule has 174 valence electrons. The van der Waals surface area contributed by atoms with Crippen molar-refractivity contribution in [2.45, 2.75) is 31.7 Å². The van der Waals surface area contributed by atoms with Crippen LogP contribution in [0.3, 0.4) is 0 Å². The van der Waals surface area contributed by atoms with Crippen LogP contribution in [0, 0.1) is 11.3 Å². The molecule has 0 saturated heterocycles. The Kier molecular flexibility index (Phi) is 10.4. The molecule has 32 heavy (non-hydrogen) atoms. The first-order chi connectivity index (χ1) is 15.4. The molecule has 1 heterocycles.